The fraction of sp³-hybridized carbons (Fsp3) is 0.346. The highest BCUT2D eigenvalue weighted by Gasteiger charge is 2.17. The molecule has 0 spiro atoms. The molecule has 2 heterocycles. The Hall–Kier alpha value is -3.25. The highest BCUT2D eigenvalue weighted by Crippen LogP contribution is 2.21. The molecule has 6 heteroatoms. The van der Waals surface area contributed by atoms with Gasteiger partial charge in [0.1, 0.15) is 18.1 Å². The molecular formula is C26H30N2O4. The molecule has 0 unspecified atom stereocenters. The highest BCUT2D eigenvalue weighted by atomic mass is 16.5. The van der Waals surface area contributed by atoms with E-state index < -0.39 is 0 Å². The van der Waals surface area contributed by atoms with Crippen LogP contribution in [0.3, 0.4) is 0 Å². The van der Waals surface area contributed by atoms with Gasteiger partial charge in [-0.1, -0.05) is 29.8 Å². The number of nitrogens with zero attached hydrogens (tertiary/aromatic N) is 2. The van der Waals surface area contributed by atoms with Crippen molar-refractivity contribution in [2.24, 2.45) is 0 Å². The van der Waals surface area contributed by atoms with Crippen molar-refractivity contribution in [1.29, 1.82) is 0 Å². The molecule has 0 N–H and O–H groups in total. The molecule has 0 aliphatic carbocycles. The first-order valence-corrected chi connectivity index (χ1v) is 11.0. The molecule has 2 aromatic carbocycles. The summed E-state index contributed by atoms with van der Waals surface area (Å²) in [6.07, 6.45) is 0. The van der Waals surface area contributed by atoms with Crippen LogP contribution in [0, 0.1) is 13.8 Å². The largest absolute Gasteiger partial charge is 0.485 e. The molecule has 1 amide bonds. The summed E-state index contributed by atoms with van der Waals surface area (Å²) in [5.74, 6) is 1.60. The molecule has 1 fully saturated rings. The van der Waals surface area contributed by atoms with E-state index in [9.17, 15) is 4.79 Å². The topological polar surface area (TPSA) is 55.2 Å². The van der Waals surface area contributed by atoms with E-state index in [0.29, 0.717) is 18.1 Å². The molecule has 1 aromatic heterocycles. The van der Waals surface area contributed by atoms with Crippen molar-refractivity contribution in [1.82, 2.24) is 4.90 Å². The molecule has 1 aliphatic rings. The number of rotatable bonds is 7. The van der Waals surface area contributed by atoms with Crippen molar-refractivity contribution < 1.29 is 18.7 Å². The third-order valence-corrected chi connectivity index (χ3v) is 5.65. The van der Waals surface area contributed by atoms with E-state index in [-0.39, 0.29) is 12.5 Å². The fourth-order valence-electron chi connectivity index (χ4n) is 3.85. The van der Waals surface area contributed by atoms with Gasteiger partial charge in [-0.05, 0) is 55.3 Å². The van der Waals surface area contributed by atoms with Gasteiger partial charge in [-0.2, -0.15) is 0 Å². The van der Waals surface area contributed by atoms with Gasteiger partial charge >= 0.3 is 0 Å². The van der Waals surface area contributed by atoms with Gasteiger partial charge in [0.15, 0.2) is 5.76 Å². The van der Waals surface area contributed by atoms with Gasteiger partial charge in [0.05, 0.1) is 13.2 Å². The minimum atomic E-state index is -0.153. The number of furan rings is 1. The number of morpholine rings is 1. The summed E-state index contributed by atoms with van der Waals surface area (Å²) in [7, 11) is 1.78. The van der Waals surface area contributed by atoms with Crippen LogP contribution in [0.1, 0.15) is 33.0 Å². The number of ether oxygens (including phenoxy) is 2. The lowest BCUT2D eigenvalue weighted by Gasteiger charge is -2.29. The van der Waals surface area contributed by atoms with E-state index in [4.69, 9.17) is 13.9 Å². The minimum absolute atomic E-state index is 0.153. The van der Waals surface area contributed by atoms with E-state index in [2.05, 4.69) is 42.2 Å². The summed E-state index contributed by atoms with van der Waals surface area (Å²) in [5.41, 5.74) is 4.53. The van der Waals surface area contributed by atoms with Crippen LogP contribution < -0.4 is 9.64 Å². The lowest BCUT2D eigenvalue weighted by molar-refractivity contribution is 0.0749. The second-order valence-electron chi connectivity index (χ2n) is 8.25. The van der Waals surface area contributed by atoms with Gasteiger partial charge in [0, 0.05) is 32.4 Å². The first-order chi connectivity index (χ1) is 15.5. The second kappa shape index (κ2) is 9.92. The quantitative estimate of drug-likeness (QED) is 0.545. The average Bonchev–Trinajstić information content (AvgIpc) is 3.28. The summed E-state index contributed by atoms with van der Waals surface area (Å²) in [5, 5.41) is 0. The number of hydrogen-bond donors (Lipinski definition) is 0. The van der Waals surface area contributed by atoms with Crippen LogP contribution >= 0.6 is 0 Å². The number of aryl methyl sites for hydroxylation is 2. The van der Waals surface area contributed by atoms with Crippen molar-refractivity contribution in [3.63, 3.8) is 0 Å². The number of anilines is 1. The predicted molar refractivity (Wildman–Crippen MR) is 124 cm³/mol. The van der Waals surface area contributed by atoms with Crippen LogP contribution in [0.15, 0.2) is 59.0 Å². The highest BCUT2D eigenvalue weighted by molar-refractivity contribution is 5.91. The smallest absolute Gasteiger partial charge is 0.289 e. The van der Waals surface area contributed by atoms with Gasteiger partial charge in [-0.3, -0.25) is 4.79 Å². The second-order valence-corrected chi connectivity index (χ2v) is 8.25. The van der Waals surface area contributed by atoms with Gasteiger partial charge < -0.3 is 23.7 Å². The van der Waals surface area contributed by atoms with Crippen LogP contribution in [-0.2, 0) is 17.9 Å². The Bertz CT molecular complexity index is 1050. The Kier molecular flexibility index (Phi) is 6.81. The van der Waals surface area contributed by atoms with Crippen LogP contribution in [0.2, 0.25) is 0 Å². The van der Waals surface area contributed by atoms with Crippen molar-refractivity contribution in [2.75, 3.05) is 38.3 Å². The zero-order valence-corrected chi connectivity index (χ0v) is 19.0. The Labute approximate surface area is 189 Å². The van der Waals surface area contributed by atoms with Crippen LogP contribution in [-0.4, -0.2) is 44.2 Å². The first-order valence-electron chi connectivity index (χ1n) is 11.0. The van der Waals surface area contributed by atoms with Gasteiger partial charge in [0.25, 0.3) is 5.91 Å². The van der Waals surface area contributed by atoms with Crippen LogP contribution in [0.4, 0.5) is 5.69 Å². The van der Waals surface area contributed by atoms with Crippen LogP contribution in [0.25, 0.3) is 0 Å². The van der Waals surface area contributed by atoms with Crippen molar-refractivity contribution in [3.8, 4) is 5.75 Å². The molecule has 1 aliphatic heterocycles. The fourth-order valence-corrected chi connectivity index (χ4v) is 3.85. The summed E-state index contributed by atoms with van der Waals surface area (Å²) in [4.78, 5) is 16.8. The summed E-state index contributed by atoms with van der Waals surface area (Å²) in [6, 6.07) is 17.9. The third-order valence-electron chi connectivity index (χ3n) is 5.65. The lowest BCUT2D eigenvalue weighted by atomic mass is 10.1. The monoisotopic (exact) mass is 434 g/mol. The zero-order chi connectivity index (χ0) is 22.5. The van der Waals surface area contributed by atoms with E-state index in [1.165, 1.54) is 11.3 Å². The molecular weight excluding hydrogens is 404 g/mol. The molecule has 32 heavy (non-hydrogen) atoms. The van der Waals surface area contributed by atoms with Crippen LogP contribution in [0.5, 0.6) is 5.75 Å². The van der Waals surface area contributed by atoms with Gasteiger partial charge in [-0.15, -0.1) is 0 Å². The van der Waals surface area contributed by atoms with E-state index in [0.717, 1.165) is 43.2 Å². The molecule has 168 valence electrons. The Morgan fingerprint density at radius 3 is 2.50 bits per heavy atom. The molecule has 0 atom stereocenters. The summed E-state index contributed by atoms with van der Waals surface area (Å²) >= 11 is 0. The summed E-state index contributed by atoms with van der Waals surface area (Å²) < 4.78 is 17.0. The maximum absolute atomic E-state index is 12.8. The molecule has 0 bridgehead atoms. The zero-order valence-electron chi connectivity index (χ0n) is 19.0. The first kappa shape index (κ1) is 22.0. The molecule has 6 nitrogen and oxygen atoms in total. The number of carbonyl (C=O) groups excluding carboxylic acids is 1. The number of hydrogen-bond acceptors (Lipinski definition) is 5. The maximum atomic E-state index is 12.8. The molecule has 4 rings (SSSR count). The number of amides is 1. The normalized spacial score (nSPS) is 13.8. The number of benzene rings is 2. The van der Waals surface area contributed by atoms with Crippen molar-refractivity contribution in [2.45, 2.75) is 27.0 Å². The van der Waals surface area contributed by atoms with Gasteiger partial charge in [0.2, 0.25) is 0 Å². The standard InChI is InChI=1S/C26H30N2O4/c1-19-4-10-24(20(2)16-19)31-18-23-9-11-25(32-23)26(29)27(3)17-21-5-7-22(8-6-21)28-12-14-30-15-13-28/h4-11,16H,12-15,17-18H2,1-3H3. The lowest BCUT2D eigenvalue weighted by Crippen LogP contribution is -2.36. The molecule has 1 saturated heterocycles. The van der Waals surface area contributed by atoms with Crippen molar-refractivity contribution >= 4 is 11.6 Å². The average molecular weight is 435 g/mol. The molecule has 0 saturated carbocycles. The summed E-state index contributed by atoms with van der Waals surface area (Å²) in [6.45, 7) is 8.20. The predicted octanol–water partition coefficient (Wildman–Crippen LogP) is 4.58. The number of carbonyl (C=O) groups is 1. The van der Waals surface area contributed by atoms with E-state index >= 15 is 0 Å². The minimum Gasteiger partial charge on any atom is -0.485 e. The molecule has 0 radical (unpaired) electrons. The Morgan fingerprint density at radius 2 is 1.78 bits per heavy atom. The Morgan fingerprint density at radius 1 is 1.03 bits per heavy atom. The van der Waals surface area contributed by atoms with Gasteiger partial charge in [-0.25, -0.2) is 0 Å². The maximum Gasteiger partial charge on any atom is 0.289 e. The third kappa shape index (κ3) is 5.32. The SMILES string of the molecule is Cc1ccc(OCc2ccc(C(=O)N(C)Cc3ccc(N4CCOCC4)cc3)o2)c(C)c1. The van der Waals surface area contributed by atoms with Crippen molar-refractivity contribution in [3.05, 3.63) is 82.8 Å². The molecule has 3 aromatic rings. The van der Waals surface area contributed by atoms with E-state index in [1.54, 1.807) is 24.1 Å². The Balaban J connectivity index is 1.32. The van der Waals surface area contributed by atoms with E-state index in [1.807, 2.05) is 19.1 Å².